The number of hydrogen-bond donors (Lipinski definition) is 1. The van der Waals surface area contributed by atoms with Gasteiger partial charge in [0, 0.05) is 17.5 Å². The highest BCUT2D eigenvalue weighted by Gasteiger charge is 2.23. The lowest BCUT2D eigenvalue weighted by Crippen LogP contribution is -2.23. The highest BCUT2D eigenvalue weighted by molar-refractivity contribution is 7.11. The molecule has 2 fully saturated rings. The van der Waals surface area contributed by atoms with E-state index in [1.54, 1.807) is 5.57 Å². The van der Waals surface area contributed by atoms with Crippen LogP contribution in [0.2, 0.25) is 0 Å². The second-order valence-electron chi connectivity index (χ2n) is 6.18. The average molecular weight is 275 g/mol. The molecular weight excluding hydrogens is 250 g/mol. The molecule has 0 unspecified atom stereocenters. The van der Waals surface area contributed by atoms with E-state index < -0.39 is 0 Å². The summed E-state index contributed by atoms with van der Waals surface area (Å²) in [6.45, 7) is 3.35. The summed E-state index contributed by atoms with van der Waals surface area (Å²) in [4.78, 5) is 1.47. The van der Waals surface area contributed by atoms with E-state index in [1.165, 1.54) is 55.4 Å². The molecule has 3 rings (SSSR count). The van der Waals surface area contributed by atoms with Crippen LogP contribution in [-0.2, 0) is 0 Å². The second-order valence-corrected chi connectivity index (χ2v) is 7.12. The van der Waals surface area contributed by atoms with Gasteiger partial charge in [-0.2, -0.15) is 0 Å². The third kappa shape index (κ3) is 3.70. The summed E-state index contributed by atoms with van der Waals surface area (Å²) in [7, 11) is 0. The molecule has 2 heteroatoms. The zero-order chi connectivity index (χ0) is 13.1. The number of aryl methyl sites for hydroxylation is 1. The normalized spacial score (nSPS) is 21.8. The number of nitrogens with one attached hydrogen (secondary N) is 1. The monoisotopic (exact) mass is 275 g/mol. The Morgan fingerprint density at radius 3 is 2.68 bits per heavy atom. The first-order valence-corrected chi connectivity index (χ1v) is 8.69. The molecule has 2 saturated carbocycles. The topological polar surface area (TPSA) is 12.0 Å². The molecule has 0 aliphatic heterocycles. The fourth-order valence-electron chi connectivity index (χ4n) is 3.04. The fourth-order valence-corrected chi connectivity index (χ4v) is 3.93. The molecule has 1 nitrogen and oxygen atoms in total. The molecule has 1 aromatic rings. The lowest BCUT2D eigenvalue weighted by Gasteiger charge is -2.25. The third-order valence-corrected chi connectivity index (χ3v) is 5.49. The molecule has 1 aromatic heterocycles. The largest absolute Gasteiger partial charge is 0.310 e. The molecule has 2 aliphatic carbocycles. The third-order valence-electron chi connectivity index (χ3n) is 4.52. The molecule has 0 amide bonds. The van der Waals surface area contributed by atoms with E-state index in [9.17, 15) is 0 Å². The van der Waals surface area contributed by atoms with E-state index in [0.29, 0.717) is 0 Å². The van der Waals surface area contributed by atoms with Crippen molar-refractivity contribution in [3.05, 3.63) is 27.5 Å². The minimum Gasteiger partial charge on any atom is -0.310 e. The molecule has 104 valence electrons. The second kappa shape index (κ2) is 6.23. The van der Waals surface area contributed by atoms with Crippen molar-refractivity contribution in [1.29, 1.82) is 0 Å². The predicted octanol–water partition coefficient (Wildman–Crippen LogP) is 4.77. The minimum atomic E-state index is 0.816. The average Bonchev–Trinajstić information content (AvgIpc) is 3.19. The lowest BCUT2D eigenvalue weighted by atomic mass is 9.83. The number of thiophene rings is 1. The molecule has 0 radical (unpaired) electrons. The van der Waals surface area contributed by atoms with Gasteiger partial charge in [0.1, 0.15) is 0 Å². The van der Waals surface area contributed by atoms with Crippen molar-refractivity contribution >= 4 is 17.4 Å². The Morgan fingerprint density at radius 1 is 1.26 bits per heavy atom. The summed E-state index contributed by atoms with van der Waals surface area (Å²) >= 11 is 1.89. The van der Waals surface area contributed by atoms with E-state index in [1.807, 2.05) is 11.3 Å². The van der Waals surface area contributed by atoms with Gasteiger partial charge in [-0.3, -0.25) is 0 Å². The van der Waals surface area contributed by atoms with Crippen molar-refractivity contribution in [2.45, 2.75) is 57.9 Å². The molecule has 0 aromatic carbocycles. The summed E-state index contributed by atoms with van der Waals surface area (Å²) in [5, 5.41) is 5.94. The Kier molecular flexibility index (Phi) is 4.39. The van der Waals surface area contributed by atoms with Crippen LogP contribution in [0.4, 0.5) is 0 Å². The van der Waals surface area contributed by atoms with Gasteiger partial charge in [0.25, 0.3) is 0 Å². The van der Waals surface area contributed by atoms with Crippen LogP contribution >= 0.6 is 11.3 Å². The maximum atomic E-state index is 3.72. The molecular formula is C17H25NS. The summed E-state index contributed by atoms with van der Waals surface area (Å²) in [6.07, 6.45) is 12.4. The van der Waals surface area contributed by atoms with Crippen molar-refractivity contribution in [2.24, 2.45) is 5.92 Å². The highest BCUT2D eigenvalue weighted by Crippen LogP contribution is 2.32. The molecule has 1 heterocycles. The maximum absolute atomic E-state index is 3.72. The Bertz CT molecular complexity index is 436. The van der Waals surface area contributed by atoms with E-state index in [-0.39, 0.29) is 0 Å². The Morgan fingerprint density at radius 2 is 2.05 bits per heavy atom. The van der Waals surface area contributed by atoms with Gasteiger partial charge >= 0.3 is 0 Å². The zero-order valence-corrected chi connectivity index (χ0v) is 12.8. The van der Waals surface area contributed by atoms with E-state index in [4.69, 9.17) is 0 Å². The summed E-state index contributed by atoms with van der Waals surface area (Å²) in [5.74, 6) is 0.835. The summed E-state index contributed by atoms with van der Waals surface area (Å²) in [6, 6.07) is 3.06. The van der Waals surface area contributed by atoms with E-state index in [0.717, 1.165) is 18.5 Å². The van der Waals surface area contributed by atoms with Crippen LogP contribution in [-0.4, -0.2) is 12.6 Å². The fraction of sp³-hybridized carbons (Fsp3) is 0.647. The molecule has 2 aliphatic rings. The van der Waals surface area contributed by atoms with Crippen molar-refractivity contribution in [3.63, 3.8) is 0 Å². The van der Waals surface area contributed by atoms with Crippen LogP contribution in [0.15, 0.2) is 17.0 Å². The highest BCUT2D eigenvalue weighted by atomic mass is 32.1. The quantitative estimate of drug-likeness (QED) is 0.816. The minimum absolute atomic E-state index is 0.816. The lowest BCUT2D eigenvalue weighted by molar-refractivity contribution is 0.396. The van der Waals surface area contributed by atoms with Gasteiger partial charge in [-0.15, -0.1) is 11.3 Å². The van der Waals surface area contributed by atoms with Gasteiger partial charge in [-0.05, 0) is 61.6 Å². The molecule has 0 saturated heterocycles. The SMILES string of the molecule is Cc1ccsc1C=C(CNC1CC1)C1CCCCC1. The number of hydrogen-bond acceptors (Lipinski definition) is 2. The first-order chi connectivity index (χ1) is 9.33. The van der Waals surface area contributed by atoms with Crippen molar-refractivity contribution in [1.82, 2.24) is 5.32 Å². The van der Waals surface area contributed by atoms with Crippen LogP contribution in [0.1, 0.15) is 55.4 Å². The predicted molar refractivity (Wildman–Crippen MR) is 84.6 cm³/mol. The van der Waals surface area contributed by atoms with Crippen LogP contribution < -0.4 is 5.32 Å². The van der Waals surface area contributed by atoms with Gasteiger partial charge in [-0.25, -0.2) is 0 Å². The Labute approximate surface area is 121 Å². The van der Waals surface area contributed by atoms with E-state index in [2.05, 4.69) is 29.8 Å². The molecule has 0 spiro atoms. The van der Waals surface area contributed by atoms with Crippen LogP contribution in [0.3, 0.4) is 0 Å². The molecule has 19 heavy (non-hydrogen) atoms. The summed E-state index contributed by atoms with van der Waals surface area (Å²) in [5.41, 5.74) is 3.10. The van der Waals surface area contributed by atoms with Gasteiger partial charge < -0.3 is 5.32 Å². The van der Waals surface area contributed by atoms with Crippen molar-refractivity contribution in [3.8, 4) is 0 Å². The smallest absolute Gasteiger partial charge is 0.0299 e. The first-order valence-electron chi connectivity index (χ1n) is 7.81. The molecule has 1 N–H and O–H groups in total. The maximum Gasteiger partial charge on any atom is 0.0299 e. The Hall–Kier alpha value is -0.600. The van der Waals surface area contributed by atoms with E-state index >= 15 is 0 Å². The molecule has 0 bridgehead atoms. The first kappa shape index (κ1) is 13.4. The van der Waals surface area contributed by atoms with Gasteiger partial charge in [0.05, 0.1) is 0 Å². The van der Waals surface area contributed by atoms with Crippen LogP contribution in [0.25, 0.3) is 6.08 Å². The van der Waals surface area contributed by atoms with Crippen LogP contribution in [0, 0.1) is 12.8 Å². The molecule has 0 atom stereocenters. The summed E-state index contributed by atoms with van der Waals surface area (Å²) < 4.78 is 0. The van der Waals surface area contributed by atoms with Crippen molar-refractivity contribution in [2.75, 3.05) is 6.54 Å². The standard InChI is InChI=1S/C17H25NS/c1-13-9-10-19-17(13)11-15(12-18-16-7-8-16)14-5-3-2-4-6-14/h9-11,14,16,18H,2-8,12H2,1H3. The van der Waals surface area contributed by atoms with Gasteiger partial charge in [-0.1, -0.05) is 24.8 Å². The zero-order valence-electron chi connectivity index (χ0n) is 12.0. The van der Waals surface area contributed by atoms with Crippen LogP contribution in [0.5, 0.6) is 0 Å². The number of rotatable bonds is 5. The van der Waals surface area contributed by atoms with Gasteiger partial charge in [0.15, 0.2) is 0 Å². The van der Waals surface area contributed by atoms with Crippen molar-refractivity contribution < 1.29 is 0 Å². The Balaban J connectivity index is 1.73. The van der Waals surface area contributed by atoms with Gasteiger partial charge in [0.2, 0.25) is 0 Å².